The van der Waals surface area contributed by atoms with E-state index in [1.807, 2.05) is 6.92 Å². The van der Waals surface area contributed by atoms with Crippen LogP contribution < -0.4 is 5.32 Å². The van der Waals surface area contributed by atoms with E-state index < -0.39 is 0 Å². The number of nitrogens with one attached hydrogen (secondary N) is 1. The van der Waals surface area contributed by atoms with Gasteiger partial charge in [-0.25, -0.2) is 0 Å². The second-order valence-corrected chi connectivity index (χ2v) is 3.16. The lowest BCUT2D eigenvalue weighted by atomic mass is 10.3. The fraction of sp³-hybridized carbons (Fsp3) is 0.800. The molecule has 12 heavy (non-hydrogen) atoms. The van der Waals surface area contributed by atoms with E-state index in [1.54, 1.807) is 0 Å². The molecule has 0 rings (SSSR count). The number of nitrogens with zero attached hydrogens (tertiary/aromatic N) is 1. The highest BCUT2D eigenvalue weighted by molar-refractivity contribution is 4.90. The zero-order valence-electron chi connectivity index (χ0n) is 8.69. The predicted octanol–water partition coefficient (Wildman–Crippen LogP) is 1.49. The van der Waals surface area contributed by atoms with E-state index in [9.17, 15) is 0 Å². The molecule has 0 heterocycles. The molecule has 0 aliphatic carbocycles. The Hall–Kier alpha value is -0.340. The maximum atomic E-state index is 3.84. The van der Waals surface area contributed by atoms with Crippen LogP contribution in [-0.2, 0) is 0 Å². The van der Waals surface area contributed by atoms with Crippen molar-refractivity contribution in [1.29, 1.82) is 0 Å². The zero-order valence-corrected chi connectivity index (χ0v) is 8.69. The van der Waals surface area contributed by atoms with Crippen molar-refractivity contribution >= 4 is 0 Å². The Morgan fingerprint density at radius 2 is 1.92 bits per heavy atom. The fourth-order valence-electron chi connectivity index (χ4n) is 1.08. The Kier molecular flexibility index (Phi) is 7.11. The summed E-state index contributed by atoms with van der Waals surface area (Å²) in [5.74, 6) is 0. The molecule has 0 spiro atoms. The lowest BCUT2D eigenvalue weighted by Gasteiger charge is -2.17. The molecule has 0 aromatic carbocycles. The van der Waals surface area contributed by atoms with Gasteiger partial charge in [-0.1, -0.05) is 26.0 Å². The third-order valence-electron chi connectivity index (χ3n) is 1.93. The van der Waals surface area contributed by atoms with Gasteiger partial charge in [-0.2, -0.15) is 0 Å². The highest BCUT2D eigenvalue weighted by Gasteiger charge is 1.96. The number of likely N-dealkylation sites (N-methyl/N-ethyl adjacent to an activating group) is 1. The van der Waals surface area contributed by atoms with Gasteiger partial charge in [0.1, 0.15) is 0 Å². The largest absolute Gasteiger partial charge is 0.312 e. The van der Waals surface area contributed by atoms with Crippen molar-refractivity contribution in [2.75, 3.05) is 32.7 Å². The topological polar surface area (TPSA) is 15.3 Å². The molecule has 0 atom stereocenters. The zero-order chi connectivity index (χ0) is 9.40. The summed E-state index contributed by atoms with van der Waals surface area (Å²) in [5, 5.41) is 3.34. The molecule has 72 valence electrons. The Morgan fingerprint density at radius 3 is 2.33 bits per heavy atom. The first kappa shape index (κ1) is 11.7. The minimum atomic E-state index is 0.946. The van der Waals surface area contributed by atoms with Crippen LogP contribution in [0, 0.1) is 0 Å². The average Bonchev–Trinajstić information content (AvgIpc) is 2.04. The smallest absolute Gasteiger partial charge is 0.0159 e. The minimum absolute atomic E-state index is 0.946. The molecule has 0 aliphatic heterocycles. The van der Waals surface area contributed by atoms with Crippen molar-refractivity contribution in [3.05, 3.63) is 12.2 Å². The molecule has 2 nitrogen and oxygen atoms in total. The van der Waals surface area contributed by atoms with E-state index in [2.05, 4.69) is 30.6 Å². The lowest BCUT2D eigenvalue weighted by molar-refractivity contribution is 0.304. The Bertz CT molecular complexity index is 117. The van der Waals surface area contributed by atoms with Gasteiger partial charge in [0, 0.05) is 19.6 Å². The first-order chi connectivity index (χ1) is 5.70. The third kappa shape index (κ3) is 6.38. The molecule has 0 aromatic rings. The summed E-state index contributed by atoms with van der Waals surface area (Å²) in [7, 11) is 0. The average molecular weight is 170 g/mol. The lowest BCUT2D eigenvalue weighted by Crippen LogP contribution is -2.32. The molecule has 1 N–H and O–H groups in total. The summed E-state index contributed by atoms with van der Waals surface area (Å²) in [4.78, 5) is 2.41. The van der Waals surface area contributed by atoms with Crippen LogP contribution in [0.3, 0.4) is 0 Å². The van der Waals surface area contributed by atoms with Gasteiger partial charge >= 0.3 is 0 Å². The van der Waals surface area contributed by atoms with Gasteiger partial charge in [0.05, 0.1) is 0 Å². The van der Waals surface area contributed by atoms with Crippen LogP contribution in [0.2, 0.25) is 0 Å². The second kappa shape index (κ2) is 7.32. The predicted molar refractivity (Wildman–Crippen MR) is 55.5 cm³/mol. The van der Waals surface area contributed by atoms with Crippen molar-refractivity contribution in [3.8, 4) is 0 Å². The molecule has 0 aliphatic rings. The second-order valence-electron chi connectivity index (χ2n) is 3.16. The first-order valence-corrected chi connectivity index (χ1v) is 4.78. The van der Waals surface area contributed by atoms with Crippen LogP contribution >= 0.6 is 0 Å². The number of rotatable bonds is 7. The van der Waals surface area contributed by atoms with Gasteiger partial charge in [-0.05, 0) is 20.0 Å². The minimum Gasteiger partial charge on any atom is -0.312 e. The fourth-order valence-corrected chi connectivity index (χ4v) is 1.08. The van der Waals surface area contributed by atoms with Crippen LogP contribution in [0.5, 0.6) is 0 Å². The first-order valence-electron chi connectivity index (χ1n) is 4.78. The summed E-state index contributed by atoms with van der Waals surface area (Å²) in [6.45, 7) is 15.7. The van der Waals surface area contributed by atoms with Gasteiger partial charge in [0.25, 0.3) is 0 Å². The molecule has 0 saturated carbocycles. The van der Waals surface area contributed by atoms with Crippen molar-refractivity contribution < 1.29 is 0 Å². The maximum absolute atomic E-state index is 3.84. The van der Waals surface area contributed by atoms with Crippen LogP contribution in [-0.4, -0.2) is 37.6 Å². The molecular formula is C10H22N2. The molecular weight excluding hydrogens is 148 g/mol. The van der Waals surface area contributed by atoms with Crippen molar-refractivity contribution in [2.24, 2.45) is 0 Å². The molecule has 0 fully saturated rings. The van der Waals surface area contributed by atoms with Crippen molar-refractivity contribution in [1.82, 2.24) is 10.2 Å². The van der Waals surface area contributed by atoms with Crippen LogP contribution in [0.15, 0.2) is 12.2 Å². The molecule has 0 saturated heterocycles. The van der Waals surface area contributed by atoms with Gasteiger partial charge in [0.15, 0.2) is 0 Å². The molecule has 0 unspecified atom stereocenters. The van der Waals surface area contributed by atoms with E-state index in [0.29, 0.717) is 0 Å². The number of hydrogen-bond donors (Lipinski definition) is 1. The van der Waals surface area contributed by atoms with E-state index in [4.69, 9.17) is 0 Å². The Morgan fingerprint density at radius 1 is 1.33 bits per heavy atom. The summed E-state index contributed by atoms with van der Waals surface area (Å²) in [6, 6.07) is 0. The highest BCUT2D eigenvalue weighted by atomic mass is 15.1. The summed E-state index contributed by atoms with van der Waals surface area (Å²) in [6.07, 6.45) is 0. The quantitative estimate of drug-likeness (QED) is 0.460. The van der Waals surface area contributed by atoms with E-state index in [1.165, 1.54) is 5.57 Å². The Balaban J connectivity index is 3.23. The van der Waals surface area contributed by atoms with E-state index in [-0.39, 0.29) is 0 Å². The third-order valence-corrected chi connectivity index (χ3v) is 1.93. The molecule has 0 amide bonds. The summed E-state index contributed by atoms with van der Waals surface area (Å²) >= 11 is 0. The van der Waals surface area contributed by atoms with E-state index in [0.717, 1.165) is 32.7 Å². The van der Waals surface area contributed by atoms with Gasteiger partial charge in [-0.3, -0.25) is 0 Å². The van der Waals surface area contributed by atoms with Gasteiger partial charge in [0.2, 0.25) is 0 Å². The van der Waals surface area contributed by atoms with Gasteiger partial charge < -0.3 is 10.2 Å². The SMILES string of the molecule is C=C(C)CNCCN(CC)CC. The monoisotopic (exact) mass is 170 g/mol. The highest BCUT2D eigenvalue weighted by Crippen LogP contribution is 1.85. The van der Waals surface area contributed by atoms with E-state index >= 15 is 0 Å². The van der Waals surface area contributed by atoms with Crippen LogP contribution in [0.25, 0.3) is 0 Å². The van der Waals surface area contributed by atoms with Crippen molar-refractivity contribution in [3.63, 3.8) is 0 Å². The van der Waals surface area contributed by atoms with Crippen molar-refractivity contribution in [2.45, 2.75) is 20.8 Å². The van der Waals surface area contributed by atoms with Crippen LogP contribution in [0.4, 0.5) is 0 Å². The normalized spacial score (nSPS) is 10.7. The molecule has 0 radical (unpaired) electrons. The molecule has 2 heteroatoms. The van der Waals surface area contributed by atoms with Gasteiger partial charge in [-0.15, -0.1) is 0 Å². The molecule has 0 bridgehead atoms. The Labute approximate surface area is 76.6 Å². The number of hydrogen-bond acceptors (Lipinski definition) is 2. The summed E-state index contributed by atoms with van der Waals surface area (Å²) < 4.78 is 0. The maximum Gasteiger partial charge on any atom is 0.0159 e. The molecule has 0 aromatic heterocycles. The standard InChI is InChI=1S/C10H22N2/c1-5-12(6-2)8-7-11-9-10(3)4/h11H,3,5-9H2,1-2,4H3. The summed E-state index contributed by atoms with van der Waals surface area (Å²) in [5.41, 5.74) is 1.20. The van der Waals surface area contributed by atoms with Crippen LogP contribution in [0.1, 0.15) is 20.8 Å².